The van der Waals surface area contributed by atoms with Gasteiger partial charge < -0.3 is 25.0 Å². The Morgan fingerprint density at radius 3 is 2.57 bits per heavy atom. The molecule has 1 aromatic carbocycles. The summed E-state index contributed by atoms with van der Waals surface area (Å²) in [6.45, 7) is 6.46. The van der Waals surface area contributed by atoms with Crippen LogP contribution in [0.2, 0.25) is 0 Å². The summed E-state index contributed by atoms with van der Waals surface area (Å²) >= 11 is 1.59. The molecular weight excluding hydrogens is 468 g/mol. The van der Waals surface area contributed by atoms with Crippen molar-refractivity contribution >= 4 is 29.1 Å². The first kappa shape index (κ1) is 25.3. The molecule has 3 heterocycles. The van der Waals surface area contributed by atoms with Crippen LogP contribution >= 0.6 is 11.3 Å². The van der Waals surface area contributed by atoms with E-state index >= 15 is 0 Å². The molecule has 0 radical (unpaired) electrons. The van der Waals surface area contributed by atoms with Gasteiger partial charge in [0.25, 0.3) is 0 Å². The van der Waals surface area contributed by atoms with Gasteiger partial charge in [-0.05, 0) is 31.9 Å². The number of benzene rings is 1. The maximum atomic E-state index is 13.2. The Balaban J connectivity index is 1.37. The molecule has 4 rings (SSSR count). The molecule has 3 amide bonds. The minimum Gasteiger partial charge on any atom is -0.391 e. The highest BCUT2D eigenvalue weighted by molar-refractivity contribution is 7.13. The molecule has 0 spiro atoms. The van der Waals surface area contributed by atoms with Crippen molar-refractivity contribution in [1.82, 2.24) is 20.1 Å². The fourth-order valence-electron chi connectivity index (χ4n) is 4.50. The fourth-order valence-corrected chi connectivity index (χ4v) is 5.32. The molecule has 9 nitrogen and oxygen atoms in total. The molecule has 2 saturated heterocycles. The lowest BCUT2D eigenvalue weighted by Gasteiger charge is -2.41. The molecular formula is C25H32N4O5S. The summed E-state index contributed by atoms with van der Waals surface area (Å²) < 4.78 is 5.17. The largest absolute Gasteiger partial charge is 0.391 e. The van der Waals surface area contributed by atoms with Crippen molar-refractivity contribution < 1.29 is 24.2 Å². The number of carbonyl (C=O) groups is 3. The number of likely N-dealkylation sites (tertiary alicyclic amines) is 1. The number of thiazole rings is 1. The van der Waals surface area contributed by atoms with E-state index in [1.54, 1.807) is 25.3 Å². The summed E-state index contributed by atoms with van der Waals surface area (Å²) in [4.78, 5) is 47.3. The summed E-state index contributed by atoms with van der Waals surface area (Å²) in [6, 6.07) is 6.36. The number of likely N-dealkylation sites (N-methyl/N-ethyl adjacent to an activating group) is 1. The Bertz CT molecular complexity index is 1100. The van der Waals surface area contributed by atoms with Crippen molar-refractivity contribution in [3.63, 3.8) is 0 Å². The lowest BCUT2D eigenvalue weighted by Crippen LogP contribution is -2.58. The quantitative estimate of drug-likeness (QED) is 0.597. The van der Waals surface area contributed by atoms with Crippen molar-refractivity contribution in [3.8, 4) is 10.4 Å². The second kappa shape index (κ2) is 10.0. The Hall–Kier alpha value is -2.82. The molecule has 0 saturated carbocycles. The summed E-state index contributed by atoms with van der Waals surface area (Å²) in [6.07, 6.45) is -0.626. The van der Waals surface area contributed by atoms with Crippen molar-refractivity contribution in [1.29, 1.82) is 0 Å². The average Bonchev–Trinajstić information content (AvgIpc) is 3.44. The van der Waals surface area contributed by atoms with Crippen LogP contribution in [-0.2, 0) is 25.7 Å². The SMILES string of the molecule is Cc1ncsc1-c1ccc(CNC(=O)[C@@H]2C[C@@H](O)CN2C(=O)[C@H](C)N(C)C(=O)C2(C)COC2)cc1. The smallest absolute Gasteiger partial charge is 0.245 e. The van der Waals surface area contributed by atoms with E-state index in [1.807, 2.05) is 43.6 Å². The minimum atomic E-state index is -0.789. The third-order valence-corrected chi connectivity index (χ3v) is 7.89. The summed E-state index contributed by atoms with van der Waals surface area (Å²) in [5.74, 6) is -0.842. The second-order valence-corrected chi connectivity index (χ2v) is 10.6. The number of nitrogens with zero attached hydrogens (tertiary/aromatic N) is 3. The molecule has 0 aliphatic carbocycles. The molecule has 3 atom stereocenters. The maximum Gasteiger partial charge on any atom is 0.245 e. The first-order chi connectivity index (χ1) is 16.6. The van der Waals surface area contributed by atoms with Gasteiger partial charge in [-0.1, -0.05) is 24.3 Å². The lowest BCUT2D eigenvalue weighted by atomic mass is 9.86. The van der Waals surface area contributed by atoms with Crippen molar-refractivity contribution in [2.24, 2.45) is 5.41 Å². The molecule has 0 unspecified atom stereocenters. The predicted molar refractivity (Wildman–Crippen MR) is 131 cm³/mol. The summed E-state index contributed by atoms with van der Waals surface area (Å²) in [5.41, 5.74) is 4.18. The van der Waals surface area contributed by atoms with E-state index in [0.29, 0.717) is 19.8 Å². The number of β-amino-alcohol motifs (C(OH)–C–C–N with tert-alkyl or cyclic N) is 1. The van der Waals surface area contributed by atoms with Gasteiger partial charge in [0, 0.05) is 26.6 Å². The predicted octanol–water partition coefficient (Wildman–Crippen LogP) is 1.58. The highest BCUT2D eigenvalue weighted by Crippen LogP contribution is 2.30. The molecule has 10 heteroatoms. The van der Waals surface area contributed by atoms with Crippen LogP contribution in [0.4, 0.5) is 0 Å². The van der Waals surface area contributed by atoms with E-state index in [9.17, 15) is 19.5 Å². The molecule has 2 aromatic rings. The van der Waals surface area contributed by atoms with Gasteiger partial charge in [-0.3, -0.25) is 14.4 Å². The number of hydrogen-bond acceptors (Lipinski definition) is 7. The van der Waals surface area contributed by atoms with Gasteiger partial charge in [-0.25, -0.2) is 4.98 Å². The van der Waals surface area contributed by atoms with Gasteiger partial charge in [-0.15, -0.1) is 11.3 Å². The third kappa shape index (κ3) is 5.10. The molecule has 1 aromatic heterocycles. The first-order valence-electron chi connectivity index (χ1n) is 11.7. The number of amides is 3. The van der Waals surface area contributed by atoms with Gasteiger partial charge in [0.05, 0.1) is 40.8 Å². The molecule has 2 fully saturated rings. The number of nitrogens with one attached hydrogen (secondary N) is 1. The Morgan fingerprint density at radius 1 is 1.31 bits per heavy atom. The van der Waals surface area contributed by atoms with E-state index in [0.717, 1.165) is 21.7 Å². The highest BCUT2D eigenvalue weighted by atomic mass is 32.1. The van der Waals surface area contributed by atoms with E-state index < -0.39 is 23.6 Å². The highest BCUT2D eigenvalue weighted by Gasteiger charge is 2.46. The number of aromatic nitrogens is 1. The number of aliphatic hydroxyl groups is 1. The monoisotopic (exact) mass is 500 g/mol. The second-order valence-electron chi connectivity index (χ2n) is 9.72. The van der Waals surface area contributed by atoms with Gasteiger partial charge >= 0.3 is 0 Å². The van der Waals surface area contributed by atoms with Crippen molar-refractivity contribution in [2.75, 3.05) is 26.8 Å². The number of carbonyl (C=O) groups excluding carboxylic acids is 3. The number of ether oxygens (including phenoxy) is 1. The van der Waals surface area contributed by atoms with Crippen LogP contribution in [0.1, 0.15) is 31.5 Å². The van der Waals surface area contributed by atoms with Crippen LogP contribution in [0.25, 0.3) is 10.4 Å². The van der Waals surface area contributed by atoms with Gasteiger partial charge in [0.2, 0.25) is 17.7 Å². The lowest BCUT2D eigenvalue weighted by molar-refractivity contribution is -0.171. The topological polar surface area (TPSA) is 112 Å². The number of hydrogen-bond donors (Lipinski definition) is 2. The number of rotatable bonds is 7. The molecule has 0 bridgehead atoms. The van der Waals surface area contributed by atoms with Gasteiger partial charge in [-0.2, -0.15) is 0 Å². The van der Waals surface area contributed by atoms with Crippen LogP contribution in [0.15, 0.2) is 29.8 Å². The zero-order valence-electron chi connectivity index (χ0n) is 20.5. The Morgan fingerprint density at radius 2 is 2.00 bits per heavy atom. The van der Waals surface area contributed by atoms with Crippen LogP contribution in [-0.4, -0.2) is 82.6 Å². The van der Waals surface area contributed by atoms with Crippen LogP contribution in [0, 0.1) is 12.3 Å². The zero-order chi connectivity index (χ0) is 25.3. The molecule has 2 aliphatic rings. The summed E-state index contributed by atoms with van der Waals surface area (Å²) in [5, 5.41) is 13.1. The van der Waals surface area contributed by atoms with Crippen LogP contribution < -0.4 is 5.32 Å². The van der Waals surface area contributed by atoms with E-state index in [1.165, 1.54) is 9.80 Å². The van der Waals surface area contributed by atoms with Crippen LogP contribution in [0.3, 0.4) is 0 Å². The van der Waals surface area contributed by atoms with Crippen molar-refractivity contribution in [3.05, 3.63) is 41.0 Å². The van der Waals surface area contributed by atoms with Gasteiger partial charge in [0.1, 0.15) is 12.1 Å². The van der Waals surface area contributed by atoms with Crippen molar-refractivity contribution in [2.45, 2.75) is 51.9 Å². The number of aliphatic hydroxyl groups excluding tert-OH is 1. The normalized spacial score (nSPS) is 21.8. The van der Waals surface area contributed by atoms with Crippen LogP contribution in [0.5, 0.6) is 0 Å². The number of aryl methyl sites for hydroxylation is 1. The minimum absolute atomic E-state index is 0.0621. The van der Waals surface area contributed by atoms with E-state index in [2.05, 4.69) is 10.3 Å². The summed E-state index contributed by atoms with van der Waals surface area (Å²) in [7, 11) is 1.59. The Labute approximate surface area is 209 Å². The first-order valence-corrected chi connectivity index (χ1v) is 12.6. The fraction of sp³-hybridized carbons (Fsp3) is 0.520. The van der Waals surface area contributed by atoms with Gasteiger partial charge in [0.15, 0.2) is 0 Å². The zero-order valence-corrected chi connectivity index (χ0v) is 21.3. The average molecular weight is 501 g/mol. The molecule has 2 N–H and O–H groups in total. The molecule has 2 aliphatic heterocycles. The maximum absolute atomic E-state index is 13.2. The van der Waals surface area contributed by atoms with E-state index in [4.69, 9.17) is 4.74 Å². The molecule has 188 valence electrons. The Kier molecular flexibility index (Phi) is 7.25. The third-order valence-electron chi connectivity index (χ3n) is 6.91. The van der Waals surface area contributed by atoms with E-state index in [-0.39, 0.29) is 30.7 Å². The standard InChI is InChI=1S/C25H32N4O5S/c1-15-21(35-14-27-15)18-7-5-17(6-8-18)10-26-22(31)20-9-19(30)11-29(20)23(32)16(2)28(4)24(33)25(3)12-34-13-25/h5-8,14,16,19-20,30H,9-13H2,1-4H3,(H,26,31)/t16-,19+,20-/m0/s1. The molecule has 35 heavy (non-hydrogen) atoms.